The molecule has 1 spiro atoms. The van der Waals surface area contributed by atoms with Crippen molar-refractivity contribution in [1.82, 2.24) is 10.2 Å². The lowest BCUT2D eigenvalue weighted by Gasteiger charge is -2.45. The van der Waals surface area contributed by atoms with Gasteiger partial charge in [-0.3, -0.25) is 4.99 Å². The number of nitrogens with one attached hydrogen (secondary N) is 1. The van der Waals surface area contributed by atoms with Crippen LogP contribution in [0.15, 0.2) is 4.99 Å². The summed E-state index contributed by atoms with van der Waals surface area (Å²) < 4.78 is 11.2. The lowest BCUT2D eigenvalue weighted by Crippen LogP contribution is -2.53. The molecule has 24 heavy (non-hydrogen) atoms. The van der Waals surface area contributed by atoms with Gasteiger partial charge in [-0.15, -0.1) is 24.0 Å². The van der Waals surface area contributed by atoms with Crippen LogP contribution < -0.4 is 5.32 Å². The number of halogens is 1. The number of guanidine groups is 1. The molecule has 0 amide bonds. The van der Waals surface area contributed by atoms with E-state index in [1.165, 1.54) is 44.9 Å². The first kappa shape index (κ1) is 20.2. The Balaban J connectivity index is 0.00000208. The molecule has 0 aromatic carbocycles. The number of hydrogen-bond acceptors (Lipinski definition) is 3. The van der Waals surface area contributed by atoms with Crippen molar-refractivity contribution in [1.29, 1.82) is 0 Å². The Morgan fingerprint density at radius 3 is 2.67 bits per heavy atom. The maximum atomic E-state index is 5.79. The van der Waals surface area contributed by atoms with Gasteiger partial charge in [-0.25, -0.2) is 0 Å². The number of hydrogen-bond donors (Lipinski definition) is 1. The van der Waals surface area contributed by atoms with Crippen LogP contribution in [0.2, 0.25) is 0 Å². The summed E-state index contributed by atoms with van der Waals surface area (Å²) in [6.45, 7) is 7.00. The zero-order valence-corrected chi connectivity index (χ0v) is 17.4. The van der Waals surface area contributed by atoms with Crippen molar-refractivity contribution in [2.45, 2.75) is 44.9 Å². The van der Waals surface area contributed by atoms with Crippen molar-refractivity contribution in [2.24, 2.45) is 16.3 Å². The number of ether oxygens (including phenoxy) is 2. The van der Waals surface area contributed by atoms with E-state index >= 15 is 0 Å². The van der Waals surface area contributed by atoms with Crippen LogP contribution >= 0.6 is 24.0 Å². The molecule has 3 saturated heterocycles. The largest absolute Gasteiger partial charge is 0.381 e. The van der Waals surface area contributed by atoms with E-state index in [4.69, 9.17) is 9.47 Å². The van der Waals surface area contributed by atoms with Gasteiger partial charge in [0.05, 0.1) is 6.61 Å². The van der Waals surface area contributed by atoms with Gasteiger partial charge in [0.1, 0.15) is 0 Å². The first-order valence-corrected chi connectivity index (χ1v) is 9.42. The summed E-state index contributed by atoms with van der Waals surface area (Å²) in [7, 11) is 1.91. The second-order valence-corrected chi connectivity index (χ2v) is 7.50. The minimum Gasteiger partial charge on any atom is -0.381 e. The SMILES string of the molecule is CN=C(NCCC1CCOCC1)N1CCCC2(CCCOC2)C1.I. The summed E-state index contributed by atoms with van der Waals surface area (Å²) in [6.07, 6.45) is 8.73. The quantitative estimate of drug-likeness (QED) is 0.407. The lowest BCUT2D eigenvalue weighted by molar-refractivity contribution is -0.0370. The van der Waals surface area contributed by atoms with Crippen molar-refractivity contribution in [3.8, 4) is 0 Å². The average Bonchev–Trinajstić information content (AvgIpc) is 2.60. The third kappa shape index (κ3) is 5.46. The molecule has 1 atom stereocenters. The van der Waals surface area contributed by atoms with Crippen LogP contribution in [0.25, 0.3) is 0 Å². The van der Waals surface area contributed by atoms with E-state index in [1.807, 2.05) is 7.05 Å². The van der Waals surface area contributed by atoms with Crippen LogP contribution in [0, 0.1) is 11.3 Å². The van der Waals surface area contributed by atoms with Crippen LogP contribution in [0.5, 0.6) is 0 Å². The molecule has 0 aliphatic carbocycles. The summed E-state index contributed by atoms with van der Waals surface area (Å²) in [6, 6.07) is 0. The average molecular weight is 451 g/mol. The molecule has 3 rings (SSSR count). The monoisotopic (exact) mass is 451 g/mol. The predicted molar refractivity (Wildman–Crippen MR) is 108 cm³/mol. The third-order valence-electron chi connectivity index (χ3n) is 5.75. The summed E-state index contributed by atoms with van der Waals surface area (Å²) in [4.78, 5) is 7.00. The van der Waals surface area contributed by atoms with Crippen LogP contribution in [0.3, 0.4) is 0 Å². The first-order chi connectivity index (χ1) is 11.3. The fourth-order valence-electron chi connectivity index (χ4n) is 4.38. The molecule has 0 bridgehead atoms. The molecule has 0 aromatic rings. The van der Waals surface area contributed by atoms with Gasteiger partial charge >= 0.3 is 0 Å². The highest BCUT2D eigenvalue weighted by atomic mass is 127. The maximum Gasteiger partial charge on any atom is 0.193 e. The van der Waals surface area contributed by atoms with Crippen LogP contribution in [-0.4, -0.2) is 64.0 Å². The van der Waals surface area contributed by atoms with E-state index < -0.39 is 0 Å². The van der Waals surface area contributed by atoms with Crippen molar-refractivity contribution in [2.75, 3.05) is 53.1 Å². The van der Waals surface area contributed by atoms with Gasteiger partial charge in [0.2, 0.25) is 0 Å². The molecule has 6 heteroatoms. The fraction of sp³-hybridized carbons (Fsp3) is 0.944. The van der Waals surface area contributed by atoms with Gasteiger partial charge in [-0.2, -0.15) is 0 Å². The Kier molecular flexibility index (Phi) is 8.57. The molecule has 1 unspecified atom stereocenters. The minimum absolute atomic E-state index is 0. The highest BCUT2D eigenvalue weighted by molar-refractivity contribution is 14.0. The summed E-state index contributed by atoms with van der Waals surface area (Å²) >= 11 is 0. The maximum absolute atomic E-state index is 5.79. The lowest BCUT2D eigenvalue weighted by atomic mass is 9.76. The summed E-state index contributed by atoms with van der Waals surface area (Å²) in [5.74, 6) is 1.90. The van der Waals surface area contributed by atoms with Gasteiger partial charge in [0.15, 0.2) is 5.96 Å². The van der Waals surface area contributed by atoms with Crippen LogP contribution in [-0.2, 0) is 9.47 Å². The minimum atomic E-state index is 0. The van der Waals surface area contributed by atoms with Crippen LogP contribution in [0.1, 0.15) is 44.9 Å². The molecule has 0 saturated carbocycles. The summed E-state index contributed by atoms with van der Waals surface area (Å²) in [5, 5.41) is 3.60. The Morgan fingerprint density at radius 1 is 1.17 bits per heavy atom. The van der Waals surface area contributed by atoms with Crippen molar-refractivity contribution >= 4 is 29.9 Å². The number of likely N-dealkylation sites (tertiary alicyclic amines) is 1. The molecular formula is C18H34IN3O2. The number of piperidine rings is 1. The van der Waals surface area contributed by atoms with E-state index in [0.29, 0.717) is 5.41 Å². The van der Waals surface area contributed by atoms with E-state index in [9.17, 15) is 0 Å². The molecule has 140 valence electrons. The highest BCUT2D eigenvalue weighted by Gasteiger charge is 2.38. The molecule has 0 radical (unpaired) electrons. The summed E-state index contributed by atoms with van der Waals surface area (Å²) in [5.41, 5.74) is 0.370. The molecule has 3 aliphatic rings. The molecule has 1 N–H and O–H groups in total. The van der Waals surface area contributed by atoms with E-state index in [2.05, 4.69) is 15.2 Å². The number of rotatable bonds is 3. The fourth-order valence-corrected chi connectivity index (χ4v) is 4.38. The first-order valence-electron chi connectivity index (χ1n) is 9.42. The van der Waals surface area contributed by atoms with Gasteiger partial charge < -0.3 is 19.7 Å². The Labute approximate surface area is 164 Å². The van der Waals surface area contributed by atoms with E-state index in [0.717, 1.165) is 57.9 Å². The second kappa shape index (κ2) is 10.2. The zero-order valence-electron chi connectivity index (χ0n) is 15.1. The molecule has 3 aliphatic heterocycles. The Morgan fingerprint density at radius 2 is 1.96 bits per heavy atom. The van der Waals surface area contributed by atoms with E-state index in [1.54, 1.807) is 0 Å². The van der Waals surface area contributed by atoms with Gasteiger partial charge in [-0.1, -0.05) is 0 Å². The highest BCUT2D eigenvalue weighted by Crippen LogP contribution is 2.37. The smallest absolute Gasteiger partial charge is 0.193 e. The Bertz CT molecular complexity index is 388. The van der Waals surface area contributed by atoms with Crippen molar-refractivity contribution < 1.29 is 9.47 Å². The van der Waals surface area contributed by atoms with Crippen molar-refractivity contribution in [3.63, 3.8) is 0 Å². The third-order valence-corrected chi connectivity index (χ3v) is 5.75. The van der Waals surface area contributed by atoms with Crippen molar-refractivity contribution in [3.05, 3.63) is 0 Å². The molecule has 3 heterocycles. The zero-order chi connectivity index (χ0) is 16.0. The van der Waals surface area contributed by atoms with Gasteiger partial charge in [0, 0.05) is 51.9 Å². The normalized spacial score (nSPS) is 29.4. The van der Waals surface area contributed by atoms with Gasteiger partial charge in [-0.05, 0) is 50.9 Å². The van der Waals surface area contributed by atoms with Gasteiger partial charge in [0.25, 0.3) is 0 Å². The van der Waals surface area contributed by atoms with Crippen LogP contribution in [0.4, 0.5) is 0 Å². The predicted octanol–water partition coefficient (Wildman–Crippen LogP) is 2.89. The Hall–Kier alpha value is -0.0800. The molecular weight excluding hydrogens is 417 g/mol. The van der Waals surface area contributed by atoms with E-state index in [-0.39, 0.29) is 24.0 Å². The molecule has 0 aromatic heterocycles. The number of aliphatic imine (C=N–C) groups is 1. The number of nitrogens with zero attached hydrogens (tertiary/aromatic N) is 2. The molecule has 3 fully saturated rings. The second-order valence-electron chi connectivity index (χ2n) is 7.50. The standard InChI is InChI=1S/C18H33N3O2.HI/c1-19-17(20-9-4-16-5-12-22-13-6-16)21-10-2-7-18(14-21)8-3-11-23-15-18;/h16H,2-15H2,1H3,(H,19,20);1H. The molecule has 5 nitrogen and oxygen atoms in total. The topological polar surface area (TPSA) is 46.1 Å².